The van der Waals surface area contributed by atoms with Crippen LogP contribution in [0.25, 0.3) is 10.9 Å². The van der Waals surface area contributed by atoms with Crippen LogP contribution < -0.4 is 4.74 Å². The van der Waals surface area contributed by atoms with Crippen molar-refractivity contribution < 1.29 is 14.2 Å². The maximum Gasteiger partial charge on any atom is 0.230 e. The molecule has 2 aromatic heterocycles. The van der Waals surface area contributed by atoms with Crippen LogP contribution in [-0.4, -0.2) is 26.2 Å². The molecule has 0 bridgehead atoms. The van der Waals surface area contributed by atoms with Gasteiger partial charge in [-0.25, -0.2) is 19.3 Å². The first-order valence-electron chi connectivity index (χ1n) is 10.9. The Bertz CT molecular complexity index is 986. The second kappa shape index (κ2) is 9.47. The maximum absolute atomic E-state index is 13.2. The van der Waals surface area contributed by atoms with Gasteiger partial charge in [0.15, 0.2) is 0 Å². The van der Waals surface area contributed by atoms with Crippen molar-refractivity contribution in [2.45, 2.75) is 70.3 Å². The number of benzene rings is 1. The summed E-state index contributed by atoms with van der Waals surface area (Å²) in [4.78, 5) is 14.0. The lowest BCUT2D eigenvalue weighted by Crippen LogP contribution is -2.17. The first-order chi connectivity index (χ1) is 14.6. The van der Waals surface area contributed by atoms with E-state index in [0.29, 0.717) is 17.5 Å². The zero-order valence-corrected chi connectivity index (χ0v) is 17.4. The van der Waals surface area contributed by atoms with E-state index >= 15 is 0 Å². The summed E-state index contributed by atoms with van der Waals surface area (Å²) in [5.74, 6) is 1.80. The van der Waals surface area contributed by atoms with E-state index in [2.05, 4.69) is 16.9 Å². The molecule has 30 heavy (non-hydrogen) atoms. The van der Waals surface area contributed by atoms with Crippen LogP contribution in [-0.2, 0) is 6.42 Å². The van der Waals surface area contributed by atoms with Gasteiger partial charge in [-0.1, -0.05) is 19.8 Å². The average molecular weight is 410 g/mol. The van der Waals surface area contributed by atoms with Crippen LogP contribution in [0.1, 0.15) is 69.2 Å². The summed E-state index contributed by atoms with van der Waals surface area (Å²) in [7, 11) is 0. The molecule has 0 saturated heterocycles. The topological polar surface area (TPSA) is 68.1 Å². The number of rotatable bonds is 7. The standard InChI is InChI=1S/C24H28FN3O2/c1-2-3-4-5-22-26-15-21-23(28-22)20(16-6-10-18(29)11-7-16)14-27-24(21)30-19-12-8-17(25)9-13-19/h8-9,12-16,18,29H,2-7,10-11H2,1H3. The third-order valence-electron chi connectivity index (χ3n) is 5.83. The number of hydrogen-bond donors (Lipinski definition) is 1. The Labute approximate surface area is 176 Å². The lowest BCUT2D eigenvalue weighted by Gasteiger charge is -2.26. The molecule has 2 heterocycles. The highest BCUT2D eigenvalue weighted by Gasteiger charge is 2.24. The molecular weight excluding hydrogens is 381 g/mol. The van der Waals surface area contributed by atoms with Crippen LogP contribution in [0, 0.1) is 5.82 Å². The fourth-order valence-electron chi connectivity index (χ4n) is 4.09. The van der Waals surface area contributed by atoms with Crippen LogP contribution in [0.4, 0.5) is 4.39 Å². The lowest BCUT2D eigenvalue weighted by atomic mass is 9.83. The molecule has 0 radical (unpaired) electrons. The Morgan fingerprint density at radius 1 is 1.03 bits per heavy atom. The Morgan fingerprint density at radius 2 is 1.80 bits per heavy atom. The quantitative estimate of drug-likeness (QED) is 0.507. The van der Waals surface area contributed by atoms with E-state index in [0.717, 1.165) is 73.7 Å². The molecule has 1 aromatic carbocycles. The zero-order chi connectivity index (χ0) is 20.9. The van der Waals surface area contributed by atoms with Gasteiger partial charge in [0.25, 0.3) is 0 Å². The summed E-state index contributed by atoms with van der Waals surface area (Å²) < 4.78 is 19.2. The summed E-state index contributed by atoms with van der Waals surface area (Å²) in [5, 5.41) is 10.7. The summed E-state index contributed by atoms with van der Waals surface area (Å²) in [6.45, 7) is 2.18. The van der Waals surface area contributed by atoms with Crippen molar-refractivity contribution in [3.63, 3.8) is 0 Å². The van der Waals surface area contributed by atoms with Gasteiger partial charge in [-0.3, -0.25) is 0 Å². The molecule has 0 unspecified atom stereocenters. The number of aliphatic hydroxyl groups excluding tert-OH is 1. The van der Waals surface area contributed by atoms with Crippen molar-refractivity contribution in [1.29, 1.82) is 0 Å². The summed E-state index contributed by atoms with van der Waals surface area (Å²) >= 11 is 0. The van der Waals surface area contributed by atoms with Gasteiger partial charge < -0.3 is 9.84 Å². The molecule has 4 rings (SSSR count). The summed E-state index contributed by atoms with van der Waals surface area (Å²) in [5.41, 5.74) is 1.98. The molecule has 5 nitrogen and oxygen atoms in total. The summed E-state index contributed by atoms with van der Waals surface area (Å²) in [6.07, 6.45) is 11.1. The van der Waals surface area contributed by atoms with E-state index in [-0.39, 0.29) is 11.9 Å². The molecule has 6 heteroatoms. The number of unbranched alkanes of at least 4 members (excludes halogenated alkanes) is 2. The molecule has 1 saturated carbocycles. The molecule has 3 aromatic rings. The molecule has 0 atom stereocenters. The largest absolute Gasteiger partial charge is 0.438 e. The van der Waals surface area contributed by atoms with Crippen LogP contribution in [0.15, 0.2) is 36.7 Å². The van der Waals surface area contributed by atoms with Crippen molar-refractivity contribution in [1.82, 2.24) is 15.0 Å². The summed E-state index contributed by atoms with van der Waals surface area (Å²) in [6, 6.07) is 5.89. The average Bonchev–Trinajstić information content (AvgIpc) is 2.76. The first kappa shape index (κ1) is 20.7. The minimum atomic E-state index is -0.310. The van der Waals surface area contributed by atoms with E-state index in [4.69, 9.17) is 9.72 Å². The molecule has 0 amide bonds. The molecule has 1 aliphatic carbocycles. The van der Waals surface area contributed by atoms with Crippen LogP contribution >= 0.6 is 0 Å². The SMILES string of the molecule is CCCCCc1ncc2c(Oc3ccc(F)cc3)ncc(C3CCC(O)CC3)c2n1. The minimum absolute atomic E-state index is 0.208. The predicted molar refractivity (Wildman–Crippen MR) is 114 cm³/mol. The highest BCUT2D eigenvalue weighted by atomic mass is 19.1. The molecule has 0 spiro atoms. The molecule has 158 valence electrons. The van der Waals surface area contributed by atoms with Gasteiger partial charge in [0.1, 0.15) is 17.4 Å². The van der Waals surface area contributed by atoms with Crippen LogP contribution in [0.5, 0.6) is 11.6 Å². The number of pyridine rings is 1. The number of hydrogen-bond acceptors (Lipinski definition) is 5. The second-order valence-electron chi connectivity index (χ2n) is 8.09. The third-order valence-corrected chi connectivity index (χ3v) is 5.83. The third kappa shape index (κ3) is 4.75. The maximum atomic E-state index is 13.2. The number of ether oxygens (including phenoxy) is 1. The van der Waals surface area contributed by atoms with Gasteiger partial charge in [-0.05, 0) is 62.3 Å². The fraction of sp³-hybridized carbons (Fsp3) is 0.458. The second-order valence-corrected chi connectivity index (χ2v) is 8.09. The Morgan fingerprint density at radius 3 is 2.53 bits per heavy atom. The highest BCUT2D eigenvalue weighted by molar-refractivity contribution is 5.86. The van der Waals surface area contributed by atoms with Crippen molar-refractivity contribution >= 4 is 10.9 Å². The lowest BCUT2D eigenvalue weighted by molar-refractivity contribution is 0.122. The number of aromatic nitrogens is 3. The van der Waals surface area contributed by atoms with Crippen molar-refractivity contribution in [2.24, 2.45) is 0 Å². The van der Waals surface area contributed by atoms with E-state index in [1.54, 1.807) is 18.3 Å². The van der Waals surface area contributed by atoms with E-state index in [1.807, 2.05) is 6.20 Å². The molecule has 1 N–H and O–H groups in total. The monoisotopic (exact) mass is 409 g/mol. The number of halogens is 1. The number of aryl methyl sites for hydroxylation is 1. The van der Waals surface area contributed by atoms with Crippen LogP contribution in [0.2, 0.25) is 0 Å². The van der Waals surface area contributed by atoms with Gasteiger partial charge in [0.2, 0.25) is 5.88 Å². The number of fused-ring (bicyclic) bond motifs is 1. The van der Waals surface area contributed by atoms with Gasteiger partial charge in [-0.2, -0.15) is 0 Å². The van der Waals surface area contributed by atoms with Crippen molar-refractivity contribution in [2.75, 3.05) is 0 Å². The number of aliphatic hydroxyl groups is 1. The van der Waals surface area contributed by atoms with Gasteiger partial charge in [0.05, 0.1) is 17.0 Å². The zero-order valence-electron chi connectivity index (χ0n) is 17.4. The van der Waals surface area contributed by atoms with E-state index in [1.165, 1.54) is 12.1 Å². The van der Waals surface area contributed by atoms with Crippen molar-refractivity contribution in [3.05, 3.63) is 53.9 Å². The minimum Gasteiger partial charge on any atom is -0.438 e. The van der Waals surface area contributed by atoms with Gasteiger partial charge >= 0.3 is 0 Å². The Balaban J connectivity index is 1.70. The molecule has 1 aliphatic rings. The van der Waals surface area contributed by atoms with Gasteiger partial charge in [0, 0.05) is 24.4 Å². The number of nitrogens with zero attached hydrogens (tertiary/aromatic N) is 3. The van der Waals surface area contributed by atoms with Crippen LogP contribution in [0.3, 0.4) is 0 Å². The Hall–Kier alpha value is -2.60. The smallest absolute Gasteiger partial charge is 0.230 e. The Kier molecular flexibility index (Phi) is 6.53. The van der Waals surface area contributed by atoms with E-state index in [9.17, 15) is 9.50 Å². The molecular formula is C24H28FN3O2. The molecule has 1 fully saturated rings. The molecule has 0 aliphatic heterocycles. The van der Waals surface area contributed by atoms with Gasteiger partial charge in [-0.15, -0.1) is 0 Å². The van der Waals surface area contributed by atoms with Crippen molar-refractivity contribution in [3.8, 4) is 11.6 Å². The van der Waals surface area contributed by atoms with E-state index < -0.39 is 0 Å². The fourth-order valence-corrected chi connectivity index (χ4v) is 4.09. The first-order valence-corrected chi connectivity index (χ1v) is 10.9. The highest BCUT2D eigenvalue weighted by Crippen LogP contribution is 2.38. The normalized spacial score (nSPS) is 19.2. The predicted octanol–water partition coefficient (Wildman–Crippen LogP) is 5.71.